The van der Waals surface area contributed by atoms with Crippen LogP contribution in [-0.2, 0) is 0 Å². The second-order valence-corrected chi connectivity index (χ2v) is 2.50. The van der Waals surface area contributed by atoms with Gasteiger partial charge in [-0.25, -0.2) is 0 Å². The van der Waals surface area contributed by atoms with Gasteiger partial charge in [-0.2, -0.15) is 3.71 Å². The molecule has 0 amide bonds. The SMILES string of the molecule is SN1CN=CS1. The zero-order chi connectivity index (χ0) is 4.41. The van der Waals surface area contributed by atoms with Gasteiger partial charge in [0, 0.05) is 0 Å². The molecule has 0 spiro atoms. The predicted molar refractivity (Wildman–Crippen MR) is 31.8 cm³/mol. The summed E-state index contributed by atoms with van der Waals surface area (Å²) in [5.74, 6) is 0. The lowest BCUT2D eigenvalue weighted by Crippen LogP contribution is -1.92. The highest BCUT2D eigenvalue weighted by atomic mass is 32.2. The van der Waals surface area contributed by atoms with E-state index in [4.69, 9.17) is 0 Å². The first-order valence-corrected chi connectivity index (χ1v) is 2.75. The van der Waals surface area contributed by atoms with Gasteiger partial charge in [0.15, 0.2) is 0 Å². The van der Waals surface area contributed by atoms with Gasteiger partial charge in [0.05, 0.1) is 5.55 Å². The van der Waals surface area contributed by atoms with Gasteiger partial charge in [0.2, 0.25) is 0 Å². The summed E-state index contributed by atoms with van der Waals surface area (Å²) in [5.41, 5.74) is 1.77. The van der Waals surface area contributed by atoms with E-state index in [1.165, 1.54) is 11.9 Å². The summed E-state index contributed by atoms with van der Waals surface area (Å²) in [6, 6.07) is 0. The Labute approximate surface area is 46.3 Å². The molecule has 0 fully saturated rings. The van der Waals surface area contributed by atoms with Crippen molar-refractivity contribution in [3.63, 3.8) is 0 Å². The first kappa shape index (κ1) is 4.49. The lowest BCUT2D eigenvalue weighted by atomic mass is 11.2. The van der Waals surface area contributed by atoms with Crippen LogP contribution in [0.5, 0.6) is 0 Å². The van der Waals surface area contributed by atoms with E-state index < -0.39 is 0 Å². The van der Waals surface area contributed by atoms with Gasteiger partial charge < -0.3 is 0 Å². The molecule has 0 saturated heterocycles. The molecule has 34 valence electrons. The number of thiol groups is 1. The first-order chi connectivity index (χ1) is 2.89. The molecule has 0 aromatic rings. The van der Waals surface area contributed by atoms with Gasteiger partial charge in [-0.05, 0) is 11.9 Å². The topological polar surface area (TPSA) is 15.6 Å². The largest absolute Gasteiger partial charge is 0.268 e. The minimum atomic E-state index is 0.716. The summed E-state index contributed by atoms with van der Waals surface area (Å²) in [7, 11) is 0. The third kappa shape index (κ3) is 0.894. The van der Waals surface area contributed by atoms with E-state index in [-0.39, 0.29) is 0 Å². The molecule has 1 aliphatic heterocycles. The average Bonchev–Trinajstić information content (AvgIpc) is 1.86. The molecular weight excluding hydrogens is 116 g/mol. The fourth-order valence-corrected chi connectivity index (χ4v) is 0.799. The third-order valence-corrected chi connectivity index (χ3v) is 1.46. The van der Waals surface area contributed by atoms with Crippen LogP contribution < -0.4 is 0 Å². The van der Waals surface area contributed by atoms with Crippen molar-refractivity contribution >= 4 is 30.3 Å². The molecule has 0 unspecified atom stereocenters. The Morgan fingerprint density at radius 1 is 2.00 bits per heavy atom. The highest BCUT2D eigenvalue weighted by Gasteiger charge is 1.98. The minimum Gasteiger partial charge on any atom is -0.268 e. The van der Waals surface area contributed by atoms with Gasteiger partial charge in [-0.1, -0.05) is 12.8 Å². The van der Waals surface area contributed by atoms with E-state index >= 15 is 0 Å². The quantitative estimate of drug-likeness (QED) is 0.375. The molecule has 1 rings (SSSR count). The van der Waals surface area contributed by atoms with E-state index in [2.05, 4.69) is 17.8 Å². The Morgan fingerprint density at radius 3 is 3.00 bits per heavy atom. The van der Waals surface area contributed by atoms with Crippen LogP contribution in [0.2, 0.25) is 0 Å². The molecule has 2 nitrogen and oxygen atoms in total. The fraction of sp³-hybridized carbons (Fsp3) is 0.500. The lowest BCUT2D eigenvalue weighted by molar-refractivity contribution is 0.795. The Balaban J connectivity index is 2.32. The summed E-state index contributed by atoms with van der Waals surface area (Å²) >= 11 is 5.47. The molecule has 0 aromatic carbocycles. The molecule has 0 saturated carbocycles. The number of aliphatic imine (C=N–C) groups is 1. The van der Waals surface area contributed by atoms with Crippen LogP contribution in [-0.4, -0.2) is 15.9 Å². The van der Waals surface area contributed by atoms with Crippen molar-refractivity contribution < 1.29 is 0 Å². The molecule has 0 N–H and O–H groups in total. The van der Waals surface area contributed by atoms with E-state index in [1.54, 1.807) is 9.26 Å². The maximum atomic E-state index is 3.96. The molecule has 0 aromatic heterocycles. The predicted octanol–water partition coefficient (Wildman–Crippen LogP) is 0.781. The van der Waals surface area contributed by atoms with Crippen molar-refractivity contribution in [1.82, 2.24) is 3.71 Å². The van der Waals surface area contributed by atoms with E-state index in [9.17, 15) is 0 Å². The molecule has 1 aliphatic rings. The van der Waals surface area contributed by atoms with Crippen LogP contribution in [0.15, 0.2) is 4.99 Å². The summed E-state index contributed by atoms with van der Waals surface area (Å²) in [4.78, 5) is 3.85. The van der Waals surface area contributed by atoms with Gasteiger partial charge in [0.25, 0.3) is 0 Å². The summed E-state index contributed by atoms with van der Waals surface area (Å²) in [5, 5.41) is 0. The van der Waals surface area contributed by atoms with Crippen LogP contribution in [0.25, 0.3) is 0 Å². The molecule has 4 heteroatoms. The third-order valence-electron chi connectivity index (χ3n) is 0.446. The van der Waals surface area contributed by atoms with Crippen molar-refractivity contribution in [2.75, 3.05) is 6.67 Å². The highest BCUT2D eigenvalue weighted by molar-refractivity contribution is 8.15. The van der Waals surface area contributed by atoms with Crippen LogP contribution >= 0.6 is 24.8 Å². The summed E-state index contributed by atoms with van der Waals surface area (Å²) in [6.07, 6.45) is 0. The zero-order valence-corrected chi connectivity index (χ0v) is 4.75. The van der Waals surface area contributed by atoms with Crippen molar-refractivity contribution in [2.45, 2.75) is 0 Å². The average molecular weight is 120 g/mol. The Bertz CT molecular complexity index is 63.9. The molecule has 0 aliphatic carbocycles. The molecular formula is C2H4N2S2. The molecule has 1 heterocycles. The molecule has 0 bridgehead atoms. The Hall–Kier alpha value is 0.330. The number of rotatable bonds is 0. The van der Waals surface area contributed by atoms with Gasteiger partial charge in [-0.3, -0.25) is 4.99 Å². The standard InChI is InChI=1S/C2H4N2S2/c5-4-1-3-2-6-4/h2,5H,1H2. The summed E-state index contributed by atoms with van der Waals surface area (Å²) < 4.78 is 1.75. The number of hydrogen-bond donors (Lipinski definition) is 1. The smallest absolute Gasteiger partial charge is 0.111 e. The molecule has 0 radical (unpaired) electrons. The fourth-order valence-electron chi connectivity index (χ4n) is 0.224. The number of nitrogens with zero attached hydrogens (tertiary/aromatic N) is 2. The van der Waals surface area contributed by atoms with Crippen molar-refractivity contribution in [1.29, 1.82) is 0 Å². The minimum absolute atomic E-state index is 0.716. The van der Waals surface area contributed by atoms with Crippen LogP contribution in [0.1, 0.15) is 0 Å². The highest BCUT2D eigenvalue weighted by Crippen LogP contribution is 2.13. The zero-order valence-electron chi connectivity index (χ0n) is 3.03. The second-order valence-electron chi connectivity index (χ2n) is 0.887. The normalized spacial score (nSPS) is 22.8. The van der Waals surface area contributed by atoms with Crippen molar-refractivity contribution in [3.8, 4) is 0 Å². The first-order valence-electron chi connectivity index (χ1n) is 1.51. The van der Waals surface area contributed by atoms with Crippen LogP contribution in [0.4, 0.5) is 0 Å². The van der Waals surface area contributed by atoms with Gasteiger partial charge in [-0.15, -0.1) is 0 Å². The maximum absolute atomic E-state index is 3.96. The Morgan fingerprint density at radius 2 is 2.83 bits per heavy atom. The van der Waals surface area contributed by atoms with Crippen molar-refractivity contribution in [2.24, 2.45) is 4.99 Å². The monoisotopic (exact) mass is 120 g/mol. The van der Waals surface area contributed by atoms with Gasteiger partial charge >= 0.3 is 0 Å². The maximum Gasteiger partial charge on any atom is 0.111 e. The molecule has 0 atom stereocenters. The van der Waals surface area contributed by atoms with E-state index in [1.807, 2.05) is 0 Å². The number of hydrogen-bond acceptors (Lipinski definition) is 4. The Kier molecular flexibility index (Phi) is 1.39. The lowest BCUT2D eigenvalue weighted by Gasteiger charge is -1.95. The van der Waals surface area contributed by atoms with Gasteiger partial charge in [0.1, 0.15) is 6.67 Å². The van der Waals surface area contributed by atoms with Crippen LogP contribution in [0.3, 0.4) is 0 Å². The molecule has 6 heavy (non-hydrogen) atoms. The van der Waals surface area contributed by atoms with E-state index in [0.29, 0.717) is 6.67 Å². The summed E-state index contributed by atoms with van der Waals surface area (Å²) in [6.45, 7) is 0.716. The van der Waals surface area contributed by atoms with Crippen LogP contribution in [0, 0.1) is 0 Å². The van der Waals surface area contributed by atoms with E-state index in [0.717, 1.165) is 0 Å². The second kappa shape index (κ2) is 1.86. The van der Waals surface area contributed by atoms with Crippen molar-refractivity contribution in [3.05, 3.63) is 0 Å².